The average molecular weight is 854 g/mol. The summed E-state index contributed by atoms with van der Waals surface area (Å²) in [7, 11) is -9.66. The molecule has 23 heteroatoms. The largest absolute Gasteiger partial charge is 2.00 e. The van der Waals surface area contributed by atoms with E-state index in [9.17, 15) is 59.8 Å². The molecule has 1 radical (unpaired) electrons. The third-order valence-electron chi connectivity index (χ3n) is 7.87. The number of aliphatic hydroxyl groups is 4. The van der Waals surface area contributed by atoms with Crippen molar-refractivity contribution in [1.29, 1.82) is 0 Å². The Balaban J connectivity index is 0.000000373. The number of hydrogen-bond acceptors (Lipinski definition) is 20. The molecule has 0 atom stereocenters. The maximum Gasteiger partial charge on any atom is 2.00 e. The molecule has 0 aliphatic heterocycles. The van der Waals surface area contributed by atoms with Crippen molar-refractivity contribution >= 4 is 15.6 Å². The first-order valence-electron chi connectivity index (χ1n) is 15.7. The molecule has 0 saturated carbocycles. The first kappa shape index (κ1) is 47.5. The zero-order valence-electron chi connectivity index (χ0n) is 29.9. The van der Waals surface area contributed by atoms with Gasteiger partial charge in [-0.3, -0.25) is 29.1 Å². The Morgan fingerprint density at radius 1 is 0.473 bits per heavy atom. The second-order valence-electron chi connectivity index (χ2n) is 11.4. The molecular formula is C32H40MnN4O16P2. The Morgan fingerprint density at radius 3 is 0.818 bits per heavy atom. The van der Waals surface area contributed by atoms with Gasteiger partial charge in [0.1, 0.15) is 23.0 Å². The molecule has 0 aliphatic rings. The number of aryl methyl sites for hydroxylation is 4. The van der Waals surface area contributed by atoms with Crippen LogP contribution in [0.2, 0.25) is 0 Å². The molecule has 0 unspecified atom stereocenters. The van der Waals surface area contributed by atoms with E-state index in [0.717, 1.165) is 0 Å². The van der Waals surface area contributed by atoms with E-state index in [1.54, 1.807) is 0 Å². The second-order valence-corrected chi connectivity index (χ2v) is 14.2. The first-order chi connectivity index (χ1) is 25.4. The number of pyridine rings is 4. The Morgan fingerprint density at radius 2 is 0.655 bits per heavy atom. The minimum Gasteiger partial charge on any atom is -0.756 e. The van der Waals surface area contributed by atoms with Gasteiger partial charge in [0.15, 0.2) is 0 Å². The zero-order valence-corrected chi connectivity index (χ0v) is 32.8. The van der Waals surface area contributed by atoms with Crippen LogP contribution in [0.1, 0.15) is 67.3 Å². The van der Waals surface area contributed by atoms with Gasteiger partial charge in [0.2, 0.25) is 0 Å². The Kier molecular flexibility index (Phi) is 18.2. The van der Waals surface area contributed by atoms with Crippen molar-refractivity contribution in [3.8, 4) is 23.0 Å². The fourth-order valence-electron chi connectivity index (χ4n) is 4.58. The van der Waals surface area contributed by atoms with Gasteiger partial charge in [-0.2, -0.15) is 0 Å². The molecule has 0 amide bonds. The number of aromatic nitrogens is 4. The molecule has 0 aliphatic carbocycles. The van der Waals surface area contributed by atoms with E-state index in [1.807, 2.05) is 0 Å². The summed E-state index contributed by atoms with van der Waals surface area (Å²) >= 11 is 0. The van der Waals surface area contributed by atoms with Gasteiger partial charge < -0.3 is 68.7 Å². The van der Waals surface area contributed by atoms with Crippen molar-refractivity contribution in [2.75, 3.05) is 0 Å². The van der Waals surface area contributed by atoms with Crippen LogP contribution in [0.5, 0.6) is 23.0 Å². The summed E-state index contributed by atoms with van der Waals surface area (Å²) in [6.45, 7) is 1.91. The zero-order chi connectivity index (χ0) is 40.4. The summed E-state index contributed by atoms with van der Waals surface area (Å²) in [5.74, 6) is -1.14. The van der Waals surface area contributed by atoms with Gasteiger partial charge in [0, 0.05) is 69.3 Å². The normalized spacial score (nSPS) is 11.5. The molecule has 55 heavy (non-hydrogen) atoms. The van der Waals surface area contributed by atoms with Crippen molar-refractivity contribution in [3.63, 3.8) is 0 Å². The third kappa shape index (κ3) is 12.7. The minimum absolute atomic E-state index is 0. The molecule has 8 N–H and O–H groups in total. The van der Waals surface area contributed by atoms with Gasteiger partial charge >= 0.3 is 17.1 Å². The van der Waals surface area contributed by atoms with Crippen LogP contribution < -0.4 is 9.79 Å². The van der Waals surface area contributed by atoms with E-state index < -0.39 is 68.5 Å². The van der Waals surface area contributed by atoms with Crippen LogP contribution in [0, 0.1) is 27.7 Å². The number of nitrogens with zero attached hydrogens (tertiary/aromatic N) is 4. The molecule has 20 nitrogen and oxygen atoms in total. The number of phosphoric acid groups is 2. The Bertz CT molecular complexity index is 1760. The van der Waals surface area contributed by atoms with E-state index >= 15 is 0 Å². The van der Waals surface area contributed by atoms with Crippen molar-refractivity contribution in [2.24, 2.45) is 0 Å². The predicted octanol–water partition coefficient (Wildman–Crippen LogP) is 1.38. The van der Waals surface area contributed by atoms with Crippen molar-refractivity contribution in [3.05, 3.63) is 92.1 Å². The number of rotatable bonds is 16. The van der Waals surface area contributed by atoms with Crippen LogP contribution in [0.15, 0.2) is 24.8 Å². The maximum atomic E-state index is 12.0. The van der Waals surface area contributed by atoms with Gasteiger partial charge in [0.25, 0.3) is 15.6 Å². The van der Waals surface area contributed by atoms with Crippen LogP contribution in [0.4, 0.5) is 0 Å². The molecular weight excluding hydrogens is 813 g/mol. The summed E-state index contributed by atoms with van der Waals surface area (Å²) in [6, 6.07) is 0. The SMILES string of the molecule is Cc1ncc(CO)c(COP(=O)([O-])OCc2c(CO)cnc(C)c2O)c1O.Cc1ncc(CO)c(COP(=O)([O-])OCc2c(CO)cnc(C)c2O)c1O.[Mn+2]. The fraction of sp³-hybridized carbons (Fsp3) is 0.375. The van der Waals surface area contributed by atoms with Crippen LogP contribution in [-0.4, -0.2) is 60.8 Å². The van der Waals surface area contributed by atoms with Gasteiger partial charge in [-0.05, 0) is 27.7 Å². The molecule has 0 fully saturated rings. The van der Waals surface area contributed by atoms with E-state index in [2.05, 4.69) is 19.9 Å². The molecule has 0 bridgehead atoms. The van der Waals surface area contributed by atoms with Crippen LogP contribution in [-0.2, 0) is 97.1 Å². The molecule has 301 valence electrons. The van der Waals surface area contributed by atoms with E-state index in [0.29, 0.717) is 0 Å². The molecule has 0 saturated heterocycles. The molecule has 4 heterocycles. The van der Waals surface area contributed by atoms with Crippen molar-refractivity contribution in [2.45, 2.75) is 80.6 Å². The second kappa shape index (κ2) is 21.1. The molecule has 4 aromatic heterocycles. The quantitative estimate of drug-likeness (QED) is 0.0583. The molecule has 4 aromatic rings. The average Bonchev–Trinajstić information content (AvgIpc) is 3.14. The van der Waals surface area contributed by atoms with Crippen LogP contribution in [0.3, 0.4) is 0 Å². The summed E-state index contributed by atoms with van der Waals surface area (Å²) in [4.78, 5) is 39.5. The van der Waals surface area contributed by atoms with Gasteiger partial charge in [-0.1, -0.05) is 0 Å². The summed E-state index contributed by atoms with van der Waals surface area (Å²) < 4.78 is 43.2. The van der Waals surface area contributed by atoms with Crippen LogP contribution in [0.25, 0.3) is 0 Å². The predicted molar refractivity (Wildman–Crippen MR) is 181 cm³/mol. The first-order valence-corrected chi connectivity index (χ1v) is 18.6. The van der Waals surface area contributed by atoms with E-state index in [4.69, 9.17) is 18.1 Å². The fourth-order valence-corrected chi connectivity index (χ4v) is 5.87. The number of aliphatic hydroxyl groups excluding tert-OH is 4. The molecule has 4 rings (SSSR count). The summed E-state index contributed by atoms with van der Waals surface area (Å²) in [5, 5.41) is 77.1. The minimum atomic E-state index is -4.83. The molecule has 0 spiro atoms. The monoisotopic (exact) mass is 853 g/mol. The number of aromatic hydroxyl groups is 4. The van der Waals surface area contributed by atoms with Crippen molar-refractivity contribution < 1.29 is 94.9 Å². The van der Waals surface area contributed by atoms with E-state index in [-0.39, 0.29) is 107 Å². The Hall–Kier alpha value is -3.62. The molecule has 0 aromatic carbocycles. The van der Waals surface area contributed by atoms with E-state index in [1.165, 1.54) is 52.5 Å². The summed E-state index contributed by atoms with van der Waals surface area (Å²) in [5.41, 5.74) is 2.12. The Labute approximate surface area is 325 Å². The van der Waals surface area contributed by atoms with Crippen molar-refractivity contribution in [1.82, 2.24) is 19.9 Å². The third-order valence-corrected chi connectivity index (χ3v) is 9.65. The van der Waals surface area contributed by atoms with Gasteiger partial charge in [-0.15, -0.1) is 0 Å². The summed E-state index contributed by atoms with van der Waals surface area (Å²) in [6.07, 6.45) is 5.20. The smallest absolute Gasteiger partial charge is 0.756 e. The maximum absolute atomic E-state index is 12.0. The number of phosphoric ester groups is 2. The topological polar surface area (TPSA) is 331 Å². The standard InChI is InChI=1S/2C16H21N2O8P.Mn/c2*1-9-15(21)13(11(5-19)3-17-9)7-25-27(23,24)26-8-14-12(6-20)4-18-10(2)16(14)22;/h2*3-4,19-22H,5-8H2,1-2H3,(H,23,24);/q;;+2/p-2. The van der Waals surface area contributed by atoms with Crippen LogP contribution >= 0.6 is 15.6 Å². The van der Waals surface area contributed by atoms with Gasteiger partial charge in [-0.25, -0.2) is 0 Å². The van der Waals surface area contributed by atoms with Gasteiger partial charge in [0.05, 0.1) is 75.6 Å². The number of hydrogen-bond donors (Lipinski definition) is 8.